The van der Waals surface area contributed by atoms with Crippen molar-refractivity contribution >= 4 is 44.2 Å². The molecule has 0 unspecified atom stereocenters. The average molecular weight is 483 g/mol. The Morgan fingerprint density at radius 1 is 0.853 bits per heavy atom. The summed E-state index contributed by atoms with van der Waals surface area (Å²) in [6.45, 7) is 2.40. The minimum atomic E-state index is -0.442. The van der Waals surface area contributed by atoms with Gasteiger partial charge < -0.3 is 0 Å². The quantitative estimate of drug-likeness (QED) is 0.249. The lowest BCUT2D eigenvalue weighted by Gasteiger charge is -2.26. The molecule has 0 radical (unpaired) electrons. The molecule has 0 bridgehead atoms. The molecule has 1 heterocycles. The molecule has 4 aromatic carbocycles. The van der Waals surface area contributed by atoms with Crippen molar-refractivity contribution < 1.29 is 4.79 Å². The third-order valence-corrected chi connectivity index (χ3v) is 7.38. The van der Waals surface area contributed by atoms with Crippen LogP contribution >= 0.6 is 22.9 Å². The largest absolute Gasteiger partial charge is 0.283 e. The van der Waals surface area contributed by atoms with Gasteiger partial charge in [-0.3, -0.25) is 9.69 Å². The first kappa shape index (κ1) is 22.3. The van der Waals surface area contributed by atoms with Crippen molar-refractivity contribution in [1.82, 2.24) is 4.98 Å². The summed E-state index contributed by atoms with van der Waals surface area (Å²) in [5.74, 6) is -0.452. The SMILES string of the molecule is Cc1c(Cl)ccc2sc(N(Cc3ccccc3)C(=O)C(c3ccccc3)c3ccccc3)nc12. The number of rotatable bonds is 6. The lowest BCUT2D eigenvalue weighted by molar-refractivity contribution is -0.119. The maximum Gasteiger partial charge on any atom is 0.241 e. The first-order valence-corrected chi connectivity index (χ1v) is 12.3. The van der Waals surface area contributed by atoms with Crippen LogP contribution in [0.4, 0.5) is 5.13 Å². The Balaban J connectivity index is 1.64. The normalized spacial score (nSPS) is 11.1. The zero-order valence-electron chi connectivity index (χ0n) is 18.7. The van der Waals surface area contributed by atoms with E-state index in [-0.39, 0.29) is 5.91 Å². The molecular weight excluding hydrogens is 460 g/mol. The van der Waals surface area contributed by atoms with Crippen LogP contribution in [0.3, 0.4) is 0 Å². The van der Waals surface area contributed by atoms with Gasteiger partial charge in [-0.15, -0.1) is 0 Å². The highest BCUT2D eigenvalue weighted by atomic mass is 35.5. The van der Waals surface area contributed by atoms with Gasteiger partial charge in [0, 0.05) is 5.02 Å². The van der Waals surface area contributed by atoms with E-state index in [2.05, 4.69) is 0 Å². The molecule has 0 fully saturated rings. The van der Waals surface area contributed by atoms with E-state index in [1.165, 1.54) is 11.3 Å². The number of benzene rings is 4. The average Bonchev–Trinajstić information content (AvgIpc) is 3.32. The number of anilines is 1. The molecule has 0 aliphatic rings. The minimum Gasteiger partial charge on any atom is -0.283 e. The molecule has 5 aromatic rings. The van der Waals surface area contributed by atoms with E-state index < -0.39 is 5.92 Å². The summed E-state index contributed by atoms with van der Waals surface area (Å²) in [5, 5.41) is 1.35. The van der Waals surface area contributed by atoms with E-state index in [1.54, 1.807) is 0 Å². The van der Waals surface area contributed by atoms with Crippen LogP contribution < -0.4 is 4.90 Å². The lowest BCUT2D eigenvalue weighted by Crippen LogP contribution is -2.35. The Hall–Kier alpha value is -3.47. The molecule has 0 N–H and O–H groups in total. The fourth-order valence-electron chi connectivity index (χ4n) is 4.13. The summed E-state index contributed by atoms with van der Waals surface area (Å²) in [6.07, 6.45) is 0. The summed E-state index contributed by atoms with van der Waals surface area (Å²) < 4.78 is 1.01. The van der Waals surface area contributed by atoms with Gasteiger partial charge in [0.25, 0.3) is 0 Å². The van der Waals surface area contributed by atoms with E-state index in [0.717, 1.165) is 32.5 Å². The number of aromatic nitrogens is 1. The van der Waals surface area contributed by atoms with Crippen molar-refractivity contribution in [3.8, 4) is 0 Å². The first-order chi connectivity index (χ1) is 16.6. The minimum absolute atomic E-state index is 0.0101. The molecule has 168 valence electrons. The number of hydrogen-bond acceptors (Lipinski definition) is 3. The Morgan fingerprint density at radius 2 is 1.41 bits per heavy atom. The van der Waals surface area contributed by atoms with Gasteiger partial charge in [0.15, 0.2) is 5.13 Å². The number of nitrogens with zero attached hydrogens (tertiary/aromatic N) is 2. The van der Waals surface area contributed by atoms with E-state index in [0.29, 0.717) is 16.7 Å². The number of carbonyl (C=O) groups is 1. The molecule has 3 nitrogen and oxygen atoms in total. The van der Waals surface area contributed by atoms with Crippen LogP contribution in [0.2, 0.25) is 5.02 Å². The molecule has 0 atom stereocenters. The van der Waals surface area contributed by atoms with Gasteiger partial charge in [-0.1, -0.05) is 114 Å². The molecule has 5 rings (SSSR count). The van der Waals surface area contributed by atoms with Gasteiger partial charge in [-0.25, -0.2) is 4.98 Å². The number of halogens is 1. The van der Waals surface area contributed by atoms with Crippen molar-refractivity contribution in [2.45, 2.75) is 19.4 Å². The summed E-state index contributed by atoms with van der Waals surface area (Å²) in [6, 6.07) is 33.8. The molecular formula is C29H23ClN2OS. The highest BCUT2D eigenvalue weighted by molar-refractivity contribution is 7.22. The van der Waals surface area contributed by atoms with Gasteiger partial charge in [-0.2, -0.15) is 0 Å². The Labute approximate surface area is 208 Å². The monoisotopic (exact) mass is 482 g/mol. The van der Waals surface area contributed by atoms with Gasteiger partial charge in [-0.05, 0) is 41.3 Å². The molecule has 0 aliphatic heterocycles. The number of carbonyl (C=O) groups excluding carboxylic acids is 1. The number of amides is 1. The van der Waals surface area contributed by atoms with Crippen LogP contribution in [0.5, 0.6) is 0 Å². The van der Waals surface area contributed by atoms with Crippen molar-refractivity contribution in [3.05, 3.63) is 130 Å². The molecule has 1 aromatic heterocycles. The van der Waals surface area contributed by atoms with E-state index in [4.69, 9.17) is 16.6 Å². The van der Waals surface area contributed by atoms with Gasteiger partial charge >= 0.3 is 0 Å². The zero-order chi connectivity index (χ0) is 23.5. The fourth-order valence-corrected chi connectivity index (χ4v) is 5.32. The molecule has 0 spiro atoms. The molecule has 1 amide bonds. The van der Waals surface area contributed by atoms with Crippen LogP contribution in [0.15, 0.2) is 103 Å². The van der Waals surface area contributed by atoms with Crippen molar-refractivity contribution in [2.24, 2.45) is 0 Å². The standard InChI is InChI=1S/C29H23ClN2OS/c1-20-24(30)17-18-25-27(20)31-29(34-25)32(19-21-11-5-2-6-12-21)28(33)26(22-13-7-3-8-14-22)23-15-9-4-10-16-23/h2-18,26H,19H2,1H3. The Morgan fingerprint density at radius 3 is 2.00 bits per heavy atom. The highest BCUT2D eigenvalue weighted by Gasteiger charge is 2.30. The summed E-state index contributed by atoms with van der Waals surface area (Å²) in [4.78, 5) is 21.1. The second-order valence-electron chi connectivity index (χ2n) is 8.18. The molecule has 0 saturated heterocycles. The lowest BCUT2D eigenvalue weighted by atomic mass is 9.90. The topological polar surface area (TPSA) is 33.2 Å². The number of fused-ring (bicyclic) bond motifs is 1. The van der Waals surface area contributed by atoms with E-state index in [1.807, 2.05) is 115 Å². The van der Waals surface area contributed by atoms with Crippen molar-refractivity contribution in [3.63, 3.8) is 0 Å². The van der Waals surface area contributed by atoms with E-state index in [9.17, 15) is 4.79 Å². The van der Waals surface area contributed by atoms with Crippen LogP contribution in [-0.4, -0.2) is 10.9 Å². The number of thiazole rings is 1. The van der Waals surface area contributed by atoms with Crippen LogP contribution in [0.1, 0.15) is 28.2 Å². The first-order valence-electron chi connectivity index (χ1n) is 11.1. The van der Waals surface area contributed by atoms with Gasteiger partial charge in [0.1, 0.15) is 0 Å². The summed E-state index contributed by atoms with van der Waals surface area (Å²) >= 11 is 7.88. The summed E-state index contributed by atoms with van der Waals surface area (Å²) in [7, 11) is 0. The Kier molecular flexibility index (Phi) is 6.43. The van der Waals surface area contributed by atoms with E-state index >= 15 is 0 Å². The number of hydrogen-bond donors (Lipinski definition) is 0. The maximum absolute atomic E-state index is 14.3. The molecule has 0 aliphatic carbocycles. The second kappa shape index (κ2) is 9.80. The number of aryl methyl sites for hydroxylation is 1. The second-order valence-corrected chi connectivity index (χ2v) is 9.60. The predicted octanol–water partition coefficient (Wildman–Crippen LogP) is 7.62. The third kappa shape index (κ3) is 4.47. The Bertz CT molecular complexity index is 1380. The van der Waals surface area contributed by atoms with Crippen molar-refractivity contribution in [1.29, 1.82) is 0 Å². The smallest absolute Gasteiger partial charge is 0.241 e. The molecule has 34 heavy (non-hydrogen) atoms. The van der Waals surface area contributed by atoms with Gasteiger partial charge in [0.05, 0.1) is 22.7 Å². The fraction of sp³-hybridized carbons (Fsp3) is 0.103. The molecule has 5 heteroatoms. The summed E-state index contributed by atoms with van der Waals surface area (Å²) in [5.41, 5.74) is 4.73. The third-order valence-electron chi connectivity index (χ3n) is 5.93. The van der Waals surface area contributed by atoms with Crippen LogP contribution in [0.25, 0.3) is 10.2 Å². The molecule has 0 saturated carbocycles. The zero-order valence-corrected chi connectivity index (χ0v) is 20.3. The maximum atomic E-state index is 14.3. The predicted molar refractivity (Wildman–Crippen MR) is 142 cm³/mol. The van der Waals surface area contributed by atoms with Gasteiger partial charge in [0.2, 0.25) is 5.91 Å². The van der Waals surface area contributed by atoms with Crippen LogP contribution in [-0.2, 0) is 11.3 Å². The van der Waals surface area contributed by atoms with Crippen LogP contribution in [0, 0.1) is 6.92 Å². The highest BCUT2D eigenvalue weighted by Crippen LogP contribution is 2.36. The van der Waals surface area contributed by atoms with Crippen molar-refractivity contribution in [2.75, 3.05) is 4.90 Å².